The number of benzene rings is 1. The number of carbonyl (C=O) groups excluding carboxylic acids is 2. The molecule has 1 aromatic carbocycles. The highest BCUT2D eigenvalue weighted by Gasteiger charge is 2.25. The molecule has 3 nitrogen and oxygen atoms in total. The maximum absolute atomic E-state index is 11.7. The summed E-state index contributed by atoms with van der Waals surface area (Å²) in [4.78, 5) is 24.6. The lowest BCUT2D eigenvalue weighted by molar-refractivity contribution is -0.121. The molecule has 1 aromatic rings. The van der Waals surface area contributed by atoms with Crippen molar-refractivity contribution in [2.75, 3.05) is 11.9 Å². The van der Waals surface area contributed by atoms with E-state index >= 15 is 0 Å². The Morgan fingerprint density at radius 2 is 1.95 bits per heavy atom. The van der Waals surface area contributed by atoms with Crippen molar-refractivity contribution >= 4 is 17.4 Å². The van der Waals surface area contributed by atoms with Gasteiger partial charge in [-0.1, -0.05) is 12.1 Å². The van der Waals surface area contributed by atoms with Crippen LogP contribution >= 0.6 is 0 Å². The SMILES string of the molecule is CN1C(=O)Cc2cc(CC3CCC(=O)CC3)ccc21. The zero-order valence-electron chi connectivity index (χ0n) is 11.3. The van der Waals surface area contributed by atoms with Crippen molar-refractivity contribution in [1.82, 2.24) is 0 Å². The number of hydrogen-bond acceptors (Lipinski definition) is 2. The van der Waals surface area contributed by atoms with Crippen LogP contribution in [0.2, 0.25) is 0 Å². The lowest BCUT2D eigenvalue weighted by atomic mass is 9.84. The summed E-state index contributed by atoms with van der Waals surface area (Å²) in [6, 6.07) is 6.36. The highest BCUT2D eigenvalue weighted by atomic mass is 16.2. The first-order chi connectivity index (χ1) is 9.13. The Morgan fingerprint density at radius 1 is 1.21 bits per heavy atom. The van der Waals surface area contributed by atoms with E-state index in [1.165, 1.54) is 5.56 Å². The predicted molar refractivity (Wildman–Crippen MR) is 74.2 cm³/mol. The summed E-state index contributed by atoms with van der Waals surface area (Å²) in [6.07, 6.45) is 5.11. The second-order valence-electron chi connectivity index (χ2n) is 5.78. The van der Waals surface area contributed by atoms with E-state index in [1.54, 1.807) is 4.90 Å². The van der Waals surface area contributed by atoms with Gasteiger partial charge in [-0.2, -0.15) is 0 Å². The molecule has 0 atom stereocenters. The predicted octanol–water partition coefficient (Wildman–Crippen LogP) is 2.51. The van der Waals surface area contributed by atoms with Crippen molar-refractivity contribution in [3.05, 3.63) is 29.3 Å². The smallest absolute Gasteiger partial charge is 0.231 e. The molecule has 2 aliphatic rings. The molecule has 0 aromatic heterocycles. The Labute approximate surface area is 113 Å². The molecule has 1 fully saturated rings. The van der Waals surface area contributed by atoms with Crippen LogP contribution < -0.4 is 4.90 Å². The molecule has 1 amide bonds. The lowest BCUT2D eigenvalue weighted by Gasteiger charge is -2.21. The van der Waals surface area contributed by atoms with Crippen LogP contribution in [0.15, 0.2) is 18.2 Å². The number of fused-ring (bicyclic) bond motifs is 1. The van der Waals surface area contributed by atoms with E-state index in [-0.39, 0.29) is 5.91 Å². The number of ketones is 1. The second kappa shape index (κ2) is 4.80. The number of hydrogen-bond donors (Lipinski definition) is 0. The molecule has 0 bridgehead atoms. The first-order valence-electron chi connectivity index (χ1n) is 7.03. The van der Waals surface area contributed by atoms with Gasteiger partial charge in [0.25, 0.3) is 0 Å². The molecular weight excluding hydrogens is 238 g/mol. The van der Waals surface area contributed by atoms with Crippen molar-refractivity contribution in [2.45, 2.75) is 38.5 Å². The van der Waals surface area contributed by atoms with E-state index < -0.39 is 0 Å². The summed E-state index contributed by atoms with van der Waals surface area (Å²) in [5, 5.41) is 0. The summed E-state index contributed by atoms with van der Waals surface area (Å²) in [7, 11) is 1.83. The van der Waals surface area contributed by atoms with Crippen LogP contribution in [-0.4, -0.2) is 18.7 Å². The molecule has 0 unspecified atom stereocenters. The van der Waals surface area contributed by atoms with Gasteiger partial charge in [-0.05, 0) is 42.4 Å². The van der Waals surface area contributed by atoms with Gasteiger partial charge in [-0.15, -0.1) is 0 Å². The number of rotatable bonds is 2. The maximum Gasteiger partial charge on any atom is 0.231 e. The van der Waals surface area contributed by atoms with E-state index in [4.69, 9.17) is 0 Å². The fourth-order valence-corrected chi connectivity index (χ4v) is 3.19. The number of Topliss-reactive ketones (excluding diaryl/α,β-unsaturated/α-hetero) is 1. The third-order valence-corrected chi connectivity index (χ3v) is 4.41. The van der Waals surface area contributed by atoms with Crippen molar-refractivity contribution in [2.24, 2.45) is 5.92 Å². The molecule has 1 aliphatic carbocycles. The Kier molecular flexibility index (Phi) is 3.13. The average Bonchev–Trinajstić information content (AvgIpc) is 2.68. The van der Waals surface area contributed by atoms with Crippen LogP contribution in [0.5, 0.6) is 0 Å². The van der Waals surface area contributed by atoms with Crippen molar-refractivity contribution < 1.29 is 9.59 Å². The number of amides is 1. The standard InChI is InChI=1S/C16H19NO2/c1-17-15-7-4-12(9-13(15)10-16(17)19)8-11-2-5-14(18)6-3-11/h4,7,9,11H,2-3,5-6,8,10H2,1H3. The van der Waals surface area contributed by atoms with E-state index in [1.807, 2.05) is 7.05 Å². The summed E-state index contributed by atoms with van der Waals surface area (Å²) in [5.41, 5.74) is 3.51. The lowest BCUT2D eigenvalue weighted by Crippen LogP contribution is -2.20. The number of anilines is 1. The summed E-state index contributed by atoms with van der Waals surface area (Å²) >= 11 is 0. The Hall–Kier alpha value is -1.64. The quantitative estimate of drug-likeness (QED) is 0.816. The number of likely N-dealkylation sites (N-methyl/N-ethyl adjacent to an activating group) is 1. The highest BCUT2D eigenvalue weighted by Crippen LogP contribution is 2.31. The highest BCUT2D eigenvalue weighted by molar-refractivity contribution is 6.00. The number of carbonyl (C=O) groups is 2. The molecular formula is C16H19NO2. The van der Waals surface area contributed by atoms with Crippen LogP contribution in [-0.2, 0) is 22.4 Å². The summed E-state index contributed by atoms with van der Waals surface area (Å²) in [5.74, 6) is 1.22. The fourth-order valence-electron chi connectivity index (χ4n) is 3.19. The summed E-state index contributed by atoms with van der Waals surface area (Å²) < 4.78 is 0. The molecule has 0 N–H and O–H groups in total. The molecule has 1 aliphatic heterocycles. The Morgan fingerprint density at radius 3 is 2.68 bits per heavy atom. The molecule has 0 saturated heterocycles. The molecule has 3 heteroatoms. The minimum absolute atomic E-state index is 0.176. The molecule has 0 spiro atoms. The Bertz CT molecular complexity index is 526. The normalized spacial score (nSPS) is 19.9. The molecule has 19 heavy (non-hydrogen) atoms. The van der Waals surface area contributed by atoms with E-state index in [2.05, 4.69) is 18.2 Å². The number of nitrogens with zero attached hydrogens (tertiary/aromatic N) is 1. The van der Waals surface area contributed by atoms with Crippen LogP contribution in [0.1, 0.15) is 36.8 Å². The molecule has 3 rings (SSSR count). The second-order valence-corrected chi connectivity index (χ2v) is 5.78. The maximum atomic E-state index is 11.7. The molecule has 100 valence electrons. The summed E-state index contributed by atoms with van der Waals surface area (Å²) in [6.45, 7) is 0. The third-order valence-electron chi connectivity index (χ3n) is 4.41. The van der Waals surface area contributed by atoms with Gasteiger partial charge >= 0.3 is 0 Å². The monoisotopic (exact) mass is 257 g/mol. The largest absolute Gasteiger partial charge is 0.315 e. The minimum Gasteiger partial charge on any atom is -0.315 e. The fraction of sp³-hybridized carbons (Fsp3) is 0.500. The van der Waals surface area contributed by atoms with Gasteiger partial charge in [-0.25, -0.2) is 0 Å². The van der Waals surface area contributed by atoms with Crippen molar-refractivity contribution in [3.63, 3.8) is 0 Å². The minimum atomic E-state index is 0.176. The van der Waals surface area contributed by atoms with Gasteiger partial charge in [0.1, 0.15) is 5.78 Å². The van der Waals surface area contributed by atoms with Crippen LogP contribution in [0, 0.1) is 5.92 Å². The van der Waals surface area contributed by atoms with Crippen LogP contribution in [0.3, 0.4) is 0 Å². The van der Waals surface area contributed by atoms with Crippen LogP contribution in [0.25, 0.3) is 0 Å². The van der Waals surface area contributed by atoms with Gasteiger partial charge < -0.3 is 4.90 Å². The average molecular weight is 257 g/mol. The van der Waals surface area contributed by atoms with Crippen LogP contribution in [0.4, 0.5) is 5.69 Å². The van der Waals surface area contributed by atoms with Crippen molar-refractivity contribution in [1.29, 1.82) is 0 Å². The first-order valence-corrected chi connectivity index (χ1v) is 7.03. The van der Waals surface area contributed by atoms with Gasteiger partial charge in [0.05, 0.1) is 6.42 Å². The topological polar surface area (TPSA) is 37.4 Å². The zero-order valence-corrected chi connectivity index (χ0v) is 11.3. The van der Waals surface area contributed by atoms with Gasteiger partial charge in [-0.3, -0.25) is 9.59 Å². The van der Waals surface area contributed by atoms with Gasteiger partial charge in [0.2, 0.25) is 5.91 Å². The Balaban J connectivity index is 1.72. The third kappa shape index (κ3) is 2.42. The van der Waals surface area contributed by atoms with Crippen molar-refractivity contribution in [3.8, 4) is 0 Å². The van der Waals surface area contributed by atoms with E-state index in [0.29, 0.717) is 18.1 Å². The van der Waals surface area contributed by atoms with Gasteiger partial charge in [0.15, 0.2) is 0 Å². The van der Waals surface area contributed by atoms with E-state index in [0.717, 1.165) is 43.4 Å². The molecule has 1 heterocycles. The first kappa shape index (κ1) is 12.4. The zero-order chi connectivity index (χ0) is 13.4. The molecule has 0 radical (unpaired) electrons. The van der Waals surface area contributed by atoms with E-state index in [9.17, 15) is 9.59 Å². The molecule has 1 saturated carbocycles. The van der Waals surface area contributed by atoms with Gasteiger partial charge in [0, 0.05) is 25.6 Å².